The zero-order valence-electron chi connectivity index (χ0n) is 14.0. The fourth-order valence-corrected chi connectivity index (χ4v) is 4.57. The van der Waals surface area contributed by atoms with E-state index in [2.05, 4.69) is 0 Å². The first-order chi connectivity index (χ1) is 12.3. The van der Waals surface area contributed by atoms with Crippen molar-refractivity contribution < 1.29 is 27.2 Å². The van der Waals surface area contributed by atoms with Crippen molar-refractivity contribution in [2.24, 2.45) is 0 Å². The summed E-state index contributed by atoms with van der Waals surface area (Å²) < 4.78 is 33.0. The van der Waals surface area contributed by atoms with E-state index >= 15 is 0 Å². The molecule has 1 aliphatic heterocycles. The number of rotatable bonds is 4. The summed E-state index contributed by atoms with van der Waals surface area (Å²) in [5, 5.41) is 0.554. The summed E-state index contributed by atoms with van der Waals surface area (Å²) in [5.41, 5.74) is -0.814. The first-order valence-corrected chi connectivity index (χ1v) is 9.75. The highest BCUT2D eigenvalue weighted by Crippen LogP contribution is 2.17. The van der Waals surface area contributed by atoms with Crippen molar-refractivity contribution in [2.45, 2.75) is 12.5 Å². The van der Waals surface area contributed by atoms with Crippen LogP contribution in [0.3, 0.4) is 0 Å². The summed E-state index contributed by atoms with van der Waals surface area (Å²) >= 11 is 0. The number of hydrogen-bond donors (Lipinski definition) is 0. The van der Waals surface area contributed by atoms with Crippen LogP contribution in [0.1, 0.15) is 16.8 Å². The topological polar surface area (TPSA) is 111 Å². The molecule has 1 aromatic heterocycles. The van der Waals surface area contributed by atoms with Gasteiger partial charge >= 0.3 is 11.6 Å². The van der Waals surface area contributed by atoms with E-state index < -0.39 is 40.0 Å². The molecule has 2 aromatic rings. The number of nitrogens with zero attached hydrogens (tertiary/aromatic N) is 1. The molecule has 1 amide bonds. The van der Waals surface area contributed by atoms with Crippen molar-refractivity contribution in [3.05, 3.63) is 46.3 Å². The highest BCUT2D eigenvalue weighted by Gasteiger charge is 2.33. The van der Waals surface area contributed by atoms with Crippen molar-refractivity contribution in [3.8, 4) is 0 Å². The fraction of sp³-hybridized carbons (Fsp3) is 0.353. The number of ether oxygens (including phenoxy) is 1. The molecule has 9 heteroatoms. The van der Waals surface area contributed by atoms with E-state index in [0.717, 1.165) is 0 Å². The maximum Gasteiger partial charge on any atom is 0.351 e. The molecule has 1 fully saturated rings. The Bertz CT molecular complexity index is 1020. The predicted octanol–water partition coefficient (Wildman–Crippen LogP) is 0.595. The SMILES string of the molecule is CN(C(=O)COC(=O)c1cc2ccccc2oc1=O)[C@H]1CCS(=O)(=O)C1. The number of fused-ring (bicyclic) bond motifs is 1. The van der Waals surface area contributed by atoms with Gasteiger partial charge in [-0.2, -0.15) is 0 Å². The third kappa shape index (κ3) is 3.77. The van der Waals surface area contributed by atoms with Gasteiger partial charge in [0.1, 0.15) is 11.1 Å². The lowest BCUT2D eigenvalue weighted by Crippen LogP contribution is -2.40. The van der Waals surface area contributed by atoms with Crippen LogP contribution in [0.4, 0.5) is 0 Å². The lowest BCUT2D eigenvalue weighted by atomic mass is 10.2. The molecule has 0 spiro atoms. The monoisotopic (exact) mass is 379 g/mol. The second-order valence-electron chi connectivity index (χ2n) is 6.12. The van der Waals surface area contributed by atoms with Gasteiger partial charge in [0.2, 0.25) is 0 Å². The van der Waals surface area contributed by atoms with Gasteiger partial charge in [-0.3, -0.25) is 4.79 Å². The van der Waals surface area contributed by atoms with E-state index in [1.807, 2.05) is 0 Å². The minimum Gasteiger partial charge on any atom is -0.452 e. The Morgan fingerprint density at radius 3 is 2.73 bits per heavy atom. The Morgan fingerprint density at radius 1 is 1.31 bits per heavy atom. The standard InChI is InChI=1S/C17H17NO7S/c1-18(12-6-7-26(22,23)10-12)15(19)9-24-16(20)13-8-11-4-2-3-5-14(11)25-17(13)21/h2-5,8,12H,6-7,9-10H2,1H3/t12-/m0/s1. The molecule has 1 aliphatic rings. The van der Waals surface area contributed by atoms with Crippen LogP contribution in [0.5, 0.6) is 0 Å². The van der Waals surface area contributed by atoms with Gasteiger partial charge in [-0.05, 0) is 18.6 Å². The highest BCUT2D eigenvalue weighted by atomic mass is 32.2. The zero-order chi connectivity index (χ0) is 18.9. The Kier molecular flexibility index (Phi) is 4.82. The number of carbonyl (C=O) groups excluding carboxylic acids is 2. The van der Waals surface area contributed by atoms with Crippen molar-refractivity contribution in [1.29, 1.82) is 0 Å². The van der Waals surface area contributed by atoms with Crippen LogP contribution in [0.15, 0.2) is 39.5 Å². The molecule has 26 heavy (non-hydrogen) atoms. The third-order valence-electron chi connectivity index (χ3n) is 4.34. The number of esters is 1. The second kappa shape index (κ2) is 6.91. The fourth-order valence-electron chi connectivity index (χ4n) is 2.80. The van der Waals surface area contributed by atoms with Gasteiger partial charge in [-0.25, -0.2) is 18.0 Å². The number of para-hydroxylation sites is 1. The van der Waals surface area contributed by atoms with Gasteiger partial charge in [-0.15, -0.1) is 0 Å². The average Bonchev–Trinajstić information content (AvgIpc) is 2.97. The molecule has 138 valence electrons. The van der Waals surface area contributed by atoms with Gasteiger partial charge in [0.15, 0.2) is 16.4 Å². The van der Waals surface area contributed by atoms with E-state index in [9.17, 15) is 22.8 Å². The average molecular weight is 379 g/mol. The number of sulfone groups is 1. The number of likely N-dealkylation sites (N-methyl/N-ethyl adjacent to an activating group) is 1. The summed E-state index contributed by atoms with van der Waals surface area (Å²) in [6, 6.07) is 7.61. The molecule has 0 N–H and O–H groups in total. The van der Waals surface area contributed by atoms with Gasteiger partial charge in [0.25, 0.3) is 5.91 Å². The smallest absolute Gasteiger partial charge is 0.351 e. The van der Waals surface area contributed by atoms with E-state index in [4.69, 9.17) is 9.15 Å². The normalized spacial score (nSPS) is 18.6. The molecule has 1 atom stereocenters. The molecule has 2 heterocycles. The summed E-state index contributed by atoms with van der Waals surface area (Å²) in [4.78, 5) is 37.4. The van der Waals surface area contributed by atoms with Crippen molar-refractivity contribution in [1.82, 2.24) is 4.90 Å². The molecular weight excluding hydrogens is 362 g/mol. The zero-order valence-corrected chi connectivity index (χ0v) is 14.8. The number of amides is 1. The van der Waals surface area contributed by atoms with E-state index in [1.54, 1.807) is 24.3 Å². The van der Waals surface area contributed by atoms with Crippen LogP contribution < -0.4 is 5.63 Å². The lowest BCUT2D eigenvalue weighted by molar-refractivity contribution is -0.134. The van der Waals surface area contributed by atoms with Crippen molar-refractivity contribution in [2.75, 3.05) is 25.2 Å². The van der Waals surface area contributed by atoms with Crippen LogP contribution in [-0.4, -0.2) is 56.4 Å². The molecule has 1 saturated heterocycles. The maximum atomic E-state index is 12.1. The van der Waals surface area contributed by atoms with Crippen molar-refractivity contribution in [3.63, 3.8) is 0 Å². The minimum atomic E-state index is -3.13. The summed E-state index contributed by atoms with van der Waals surface area (Å²) in [6.45, 7) is -0.585. The first-order valence-electron chi connectivity index (χ1n) is 7.93. The number of hydrogen-bond acceptors (Lipinski definition) is 7. The highest BCUT2D eigenvalue weighted by molar-refractivity contribution is 7.91. The molecule has 0 saturated carbocycles. The van der Waals surface area contributed by atoms with E-state index in [1.165, 1.54) is 18.0 Å². The number of benzene rings is 1. The second-order valence-corrected chi connectivity index (χ2v) is 8.35. The molecule has 8 nitrogen and oxygen atoms in total. The van der Waals surface area contributed by atoms with Gasteiger partial charge < -0.3 is 14.1 Å². The molecule has 0 bridgehead atoms. The van der Waals surface area contributed by atoms with Crippen LogP contribution in [0, 0.1) is 0 Å². The Labute approximate surface area is 149 Å². The Hall–Kier alpha value is -2.68. The van der Waals surface area contributed by atoms with Gasteiger partial charge in [-0.1, -0.05) is 18.2 Å². The quantitative estimate of drug-likeness (QED) is 0.565. The molecular formula is C17H17NO7S. The van der Waals surface area contributed by atoms with E-state index in [0.29, 0.717) is 17.4 Å². The minimum absolute atomic E-state index is 0.0349. The molecule has 0 unspecified atom stereocenters. The third-order valence-corrected chi connectivity index (χ3v) is 6.09. The molecule has 0 radical (unpaired) electrons. The largest absolute Gasteiger partial charge is 0.452 e. The lowest BCUT2D eigenvalue weighted by Gasteiger charge is -2.23. The number of carbonyl (C=O) groups is 2. The molecule has 1 aromatic carbocycles. The predicted molar refractivity (Wildman–Crippen MR) is 92.6 cm³/mol. The van der Waals surface area contributed by atoms with E-state index in [-0.39, 0.29) is 17.1 Å². The summed E-state index contributed by atoms with van der Waals surface area (Å²) in [7, 11) is -1.67. The maximum absolute atomic E-state index is 12.1. The van der Waals surface area contributed by atoms with Crippen molar-refractivity contribution >= 4 is 32.7 Å². The Balaban J connectivity index is 1.66. The summed E-state index contributed by atoms with van der Waals surface area (Å²) in [5.74, 6) is -1.57. The first kappa shape index (κ1) is 18.1. The van der Waals surface area contributed by atoms with Crippen LogP contribution >= 0.6 is 0 Å². The molecule has 0 aliphatic carbocycles. The van der Waals surface area contributed by atoms with Crippen LogP contribution in [0.25, 0.3) is 11.0 Å². The Morgan fingerprint density at radius 2 is 2.04 bits per heavy atom. The summed E-state index contributed by atoms with van der Waals surface area (Å²) in [6.07, 6.45) is 0.354. The van der Waals surface area contributed by atoms with Gasteiger partial charge in [0, 0.05) is 18.5 Å². The molecule has 3 rings (SSSR count). The van der Waals surface area contributed by atoms with Crippen LogP contribution in [-0.2, 0) is 19.4 Å². The van der Waals surface area contributed by atoms with Crippen LogP contribution in [0.2, 0.25) is 0 Å². The van der Waals surface area contributed by atoms with Gasteiger partial charge in [0.05, 0.1) is 11.5 Å².